The molecular weight excluding hydrogens is 282 g/mol. The van der Waals surface area contributed by atoms with E-state index in [9.17, 15) is 9.59 Å². The highest BCUT2D eigenvalue weighted by Gasteiger charge is 2.27. The van der Waals surface area contributed by atoms with Crippen LogP contribution in [-0.4, -0.2) is 18.9 Å². The van der Waals surface area contributed by atoms with Crippen molar-refractivity contribution >= 4 is 0 Å². The number of nitriles is 1. The van der Waals surface area contributed by atoms with E-state index >= 15 is 0 Å². The molecule has 1 aliphatic carbocycles. The van der Waals surface area contributed by atoms with Crippen LogP contribution >= 0.6 is 0 Å². The molecule has 0 atom stereocenters. The smallest absolute Gasteiger partial charge is 0.296 e. The maximum absolute atomic E-state index is 12.5. The maximum Gasteiger partial charge on any atom is 0.331 e. The lowest BCUT2D eigenvalue weighted by Crippen LogP contribution is -2.41. The van der Waals surface area contributed by atoms with Gasteiger partial charge in [-0.15, -0.1) is 0 Å². The fourth-order valence-corrected chi connectivity index (χ4v) is 2.36. The summed E-state index contributed by atoms with van der Waals surface area (Å²) in [5.41, 5.74) is -0.297. The molecule has 0 amide bonds. The summed E-state index contributed by atoms with van der Waals surface area (Å²) in [5, 5.41) is 13.5. The summed E-state index contributed by atoms with van der Waals surface area (Å²) in [7, 11) is 0. The van der Waals surface area contributed by atoms with Gasteiger partial charge in [0.05, 0.1) is 12.2 Å². The Morgan fingerprint density at radius 3 is 2.68 bits per heavy atom. The van der Waals surface area contributed by atoms with Gasteiger partial charge in [-0.25, -0.2) is 4.79 Å². The Bertz CT molecular complexity index is 861. The van der Waals surface area contributed by atoms with E-state index in [2.05, 4.69) is 5.10 Å². The summed E-state index contributed by atoms with van der Waals surface area (Å²) in [6.45, 7) is 4.08. The van der Waals surface area contributed by atoms with E-state index in [1.807, 2.05) is 26.1 Å². The minimum atomic E-state index is -0.552. The summed E-state index contributed by atoms with van der Waals surface area (Å²) < 4.78 is 4.37. The average Bonchev–Trinajstić information content (AvgIpc) is 3.21. The molecule has 1 fully saturated rings. The molecule has 114 valence electrons. The van der Waals surface area contributed by atoms with Gasteiger partial charge in [-0.1, -0.05) is 0 Å². The van der Waals surface area contributed by atoms with Gasteiger partial charge >= 0.3 is 5.69 Å². The Kier molecular flexibility index (Phi) is 3.45. The van der Waals surface area contributed by atoms with Crippen LogP contribution in [0.3, 0.4) is 0 Å². The summed E-state index contributed by atoms with van der Waals surface area (Å²) >= 11 is 0. The summed E-state index contributed by atoms with van der Waals surface area (Å²) in [6, 6.07) is 3.98. The van der Waals surface area contributed by atoms with E-state index in [0.29, 0.717) is 5.69 Å². The lowest BCUT2D eigenvalue weighted by molar-refractivity contribution is 0.517. The van der Waals surface area contributed by atoms with Gasteiger partial charge in [-0.05, 0) is 32.8 Å². The van der Waals surface area contributed by atoms with Crippen LogP contribution in [-0.2, 0) is 6.54 Å². The Morgan fingerprint density at radius 2 is 2.14 bits per heavy atom. The van der Waals surface area contributed by atoms with Gasteiger partial charge in [0.1, 0.15) is 11.6 Å². The van der Waals surface area contributed by atoms with Crippen LogP contribution in [0.1, 0.15) is 50.0 Å². The molecule has 0 aromatic carbocycles. The molecule has 0 saturated heterocycles. The van der Waals surface area contributed by atoms with Gasteiger partial charge in [0.25, 0.3) is 5.56 Å². The standard InChI is InChI=1S/C15H17N5O2/c1-10(2)20-6-5-12(17-20)9-19-14(21)11(7-16)8-18(15(19)22)13-3-4-13/h5-6,8,10,13H,3-4,9H2,1-2H3. The van der Waals surface area contributed by atoms with Gasteiger partial charge in [-0.2, -0.15) is 10.4 Å². The second kappa shape index (κ2) is 5.30. The number of nitrogens with zero attached hydrogens (tertiary/aromatic N) is 5. The van der Waals surface area contributed by atoms with E-state index in [1.165, 1.54) is 10.8 Å². The van der Waals surface area contributed by atoms with Gasteiger partial charge in [0.15, 0.2) is 0 Å². The number of aromatic nitrogens is 4. The third-order valence-electron chi connectivity index (χ3n) is 3.77. The molecule has 2 aromatic rings. The Labute approximate surface area is 127 Å². The zero-order valence-electron chi connectivity index (χ0n) is 12.6. The van der Waals surface area contributed by atoms with E-state index in [4.69, 9.17) is 5.26 Å². The van der Waals surface area contributed by atoms with Crippen molar-refractivity contribution in [1.29, 1.82) is 5.26 Å². The molecule has 1 saturated carbocycles. The highest BCUT2D eigenvalue weighted by atomic mass is 16.2. The van der Waals surface area contributed by atoms with Crippen molar-refractivity contribution in [1.82, 2.24) is 18.9 Å². The summed E-state index contributed by atoms with van der Waals surface area (Å²) in [5.74, 6) is 0. The van der Waals surface area contributed by atoms with E-state index in [1.54, 1.807) is 10.7 Å². The van der Waals surface area contributed by atoms with Gasteiger partial charge in [-0.3, -0.25) is 18.6 Å². The van der Waals surface area contributed by atoms with Crippen LogP contribution in [0.2, 0.25) is 0 Å². The average molecular weight is 299 g/mol. The lowest BCUT2D eigenvalue weighted by Gasteiger charge is -2.09. The van der Waals surface area contributed by atoms with Gasteiger partial charge in [0.2, 0.25) is 0 Å². The molecule has 0 unspecified atom stereocenters. The van der Waals surface area contributed by atoms with Crippen molar-refractivity contribution < 1.29 is 0 Å². The molecule has 0 radical (unpaired) electrons. The Balaban J connectivity index is 2.05. The molecule has 2 heterocycles. The van der Waals surface area contributed by atoms with Crippen molar-refractivity contribution in [3.8, 4) is 6.07 Å². The van der Waals surface area contributed by atoms with Crippen molar-refractivity contribution in [2.45, 2.75) is 45.3 Å². The van der Waals surface area contributed by atoms with Crippen LogP contribution in [0.25, 0.3) is 0 Å². The molecular formula is C15H17N5O2. The molecule has 0 aliphatic heterocycles. The molecule has 22 heavy (non-hydrogen) atoms. The van der Waals surface area contributed by atoms with Crippen molar-refractivity contribution in [2.24, 2.45) is 0 Å². The highest BCUT2D eigenvalue weighted by Crippen LogP contribution is 2.33. The molecule has 0 spiro atoms. The van der Waals surface area contributed by atoms with Crippen LogP contribution in [0.5, 0.6) is 0 Å². The second-order valence-electron chi connectivity index (χ2n) is 5.85. The predicted molar refractivity (Wildman–Crippen MR) is 79.7 cm³/mol. The minimum Gasteiger partial charge on any atom is -0.296 e. The quantitative estimate of drug-likeness (QED) is 0.844. The van der Waals surface area contributed by atoms with Crippen LogP contribution < -0.4 is 11.2 Å². The highest BCUT2D eigenvalue weighted by molar-refractivity contribution is 5.23. The first-order valence-corrected chi connectivity index (χ1v) is 7.31. The lowest BCUT2D eigenvalue weighted by atomic mass is 10.3. The zero-order chi connectivity index (χ0) is 15.9. The first kappa shape index (κ1) is 14.3. The van der Waals surface area contributed by atoms with Crippen LogP contribution in [0.15, 0.2) is 28.0 Å². The fraction of sp³-hybridized carbons (Fsp3) is 0.467. The Hall–Kier alpha value is -2.62. The summed E-state index contributed by atoms with van der Waals surface area (Å²) in [4.78, 5) is 24.7. The molecule has 7 nitrogen and oxygen atoms in total. The SMILES string of the molecule is CC(C)n1ccc(Cn2c(=O)c(C#N)cn(C3CC3)c2=O)n1. The van der Waals surface area contributed by atoms with E-state index in [0.717, 1.165) is 17.4 Å². The van der Waals surface area contributed by atoms with Crippen molar-refractivity contribution in [3.05, 3.63) is 50.6 Å². The Morgan fingerprint density at radius 1 is 1.41 bits per heavy atom. The topological polar surface area (TPSA) is 85.6 Å². The largest absolute Gasteiger partial charge is 0.331 e. The molecule has 7 heteroatoms. The molecule has 3 rings (SSSR count). The molecule has 2 aromatic heterocycles. The zero-order valence-corrected chi connectivity index (χ0v) is 12.6. The van der Waals surface area contributed by atoms with E-state index in [-0.39, 0.29) is 29.9 Å². The molecule has 0 N–H and O–H groups in total. The third kappa shape index (κ3) is 2.48. The van der Waals surface area contributed by atoms with E-state index < -0.39 is 5.56 Å². The number of rotatable bonds is 4. The monoisotopic (exact) mass is 299 g/mol. The predicted octanol–water partition coefficient (Wildman–Crippen LogP) is 1.04. The minimum absolute atomic E-state index is 0.00482. The van der Waals surface area contributed by atoms with Crippen molar-refractivity contribution in [2.75, 3.05) is 0 Å². The molecule has 0 bridgehead atoms. The van der Waals surface area contributed by atoms with Gasteiger partial charge in [0, 0.05) is 24.5 Å². The fourth-order valence-electron chi connectivity index (χ4n) is 2.36. The second-order valence-corrected chi connectivity index (χ2v) is 5.85. The maximum atomic E-state index is 12.5. The number of hydrogen-bond donors (Lipinski definition) is 0. The first-order valence-electron chi connectivity index (χ1n) is 7.31. The third-order valence-corrected chi connectivity index (χ3v) is 3.77. The molecule has 1 aliphatic rings. The summed E-state index contributed by atoms with van der Waals surface area (Å²) in [6.07, 6.45) is 5.01. The normalized spacial score (nSPS) is 14.3. The van der Waals surface area contributed by atoms with Crippen LogP contribution in [0, 0.1) is 11.3 Å². The van der Waals surface area contributed by atoms with Crippen molar-refractivity contribution in [3.63, 3.8) is 0 Å². The van der Waals surface area contributed by atoms with Gasteiger partial charge < -0.3 is 0 Å². The van der Waals surface area contributed by atoms with Crippen LogP contribution in [0.4, 0.5) is 0 Å². The number of hydrogen-bond acceptors (Lipinski definition) is 4. The first-order chi connectivity index (χ1) is 10.5.